The average molecular weight is 366 g/mol. The number of likely N-dealkylation sites (tertiary alicyclic amines) is 1. The largest absolute Gasteiger partial charge is 0.353 e. The van der Waals surface area contributed by atoms with Crippen LogP contribution in [0.25, 0.3) is 0 Å². The third-order valence-electron chi connectivity index (χ3n) is 4.94. The summed E-state index contributed by atoms with van der Waals surface area (Å²) >= 11 is 1.44. The Kier molecular flexibility index (Phi) is 7.44. The summed E-state index contributed by atoms with van der Waals surface area (Å²) in [6.07, 6.45) is 2.46. The highest BCUT2D eigenvalue weighted by molar-refractivity contribution is 7.13. The molecule has 1 unspecified atom stereocenters. The third kappa shape index (κ3) is 6.12. The van der Waals surface area contributed by atoms with Crippen LogP contribution in [0.4, 0.5) is 0 Å². The fraction of sp³-hybridized carbons (Fsp3) is 0.684. The second kappa shape index (κ2) is 9.34. The van der Waals surface area contributed by atoms with E-state index < -0.39 is 0 Å². The van der Waals surface area contributed by atoms with Gasteiger partial charge in [0, 0.05) is 17.5 Å². The van der Waals surface area contributed by atoms with E-state index in [1.54, 1.807) is 6.07 Å². The number of aryl methyl sites for hydroxylation is 1. The van der Waals surface area contributed by atoms with Gasteiger partial charge in [-0.3, -0.25) is 14.5 Å². The molecule has 0 aromatic carbocycles. The monoisotopic (exact) mass is 365 g/mol. The van der Waals surface area contributed by atoms with Gasteiger partial charge < -0.3 is 10.6 Å². The predicted molar refractivity (Wildman–Crippen MR) is 103 cm³/mol. The van der Waals surface area contributed by atoms with Crippen molar-refractivity contribution in [2.45, 2.75) is 46.6 Å². The summed E-state index contributed by atoms with van der Waals surface area (Å²) in [7, 11) is 0. The quantitative estimate of drug-likeness (QED) is 0.781. The Labute approximate surface area is 155 Å². The van der Waals surface area contributed by atoms with Crippen LogP contribution in [-0.2, 0) is 4.79 Å². The highest BCUT2D eigenvalue weighted by atomic mass is 32.1. The minimum absolute atomic E-state index is 0.0254. The molecule has 2 amide bonds. The lowest BCUT2D eigenvalue weighted by molar-refractivity contribution is -0.120. The van der Waals surface area contributed by atoms with Crippen molar-refractivity contribution in [2.75, 3.05) is 26.2 Å². The maximum atomic E-state index is 12.1. The fourth-order valence-corrected chi connectivity index (χ4v) is 4.02. The summed E-state index contributed by atoms with van der Waals surface area (Å²) in [4.78, 5) is 28.3. The molecule has 0 spiro atoms. The molecule has 2 heterocycles. The number of nitrogens with one attached hydrogen (secondary N) is 2. The summed E-state index contributed by atoms with van der Waals surface area (Å²) in [5.41, 5.74) is 0. The highest BCUT2D eigenvalue weighted by Gasteiger charge is 2.25. The van der Waals surface area contributed by atoms with E-state index in [1.165, 1.54) is 24.2 Å². The van der Waals surface area contributed by atoms with E-state index >= 15 is 0 Å². The molecule has 1 fully saturated rings. The molecule has 0 radical (unpaired) electrons. The van der Waals surface area contributed by atoms with Crippen molar-refractivity contribution < 1.29 is 9.59 Å². The number of carbonyl (C=O) groups is 2. The van der Waals surface area contributed by atoms with Gasteiger partial charge in [-0.25, -0.2) is 0 Å². The Hall–Kier alpha value is -1.40. The Balaban J connectivity index is 1.76. The predicted octanol–water partition coefficient (Wildman–Crippen LogP) is 2.66. The Morgan fingerprint density at radius 2 is 1.92 bits per heavy atom. The molecule has 1 aliphatic heterocycles. The summed E-state index contributed by atoms with van der Waals surface area (Å²) in [5, 5.41) is 5.69. The number of hydrogen-bond donors (Lipinski definition) is 2. The first kappa shape index (κ1) is 19.9. The van der Waals surface area contributed by atoms with Crippen molar-refractivity contribution in [3.05, 3.63) is 21.9 Å². The third-order valence-corrected chi connectivity index (χ3v) is 5.94. The molecule has 1 saturated heterocycles. The smallest absolute Gasteiger partial charge is 0.261 e. The zero-order chi connectivity index (χ0) is 18.4. The van der Waals surface area contributed by atoms with Gasteiger partial charge >= 0.3 is 0 Å². The number of piperidine rings is 1. The first-order valence-corrected chi connectivity index (χ1v) is 10.0. The number of rotatable bonds is 7. The van der Waals surface area contributed by atoms with Crippen LogP contribution in [0.5, 0.6) is 0 Å². The van der Waals surface area contributed by atoms with E-state index in [2.05, 4.69) is 36.3 Å². The molecule has 1 aliphatic rings. The van der Waals surface area contributed by atoms with Gasteiger partial charge in [-0.05, 0) is 56.8 Å². The van der Waals surface area contributed by atoms with Gasteiger partial charge in [0.2, 0.25) is 5.91 Å². The Bertz CT molecular complexity index is 577. The van der Waals surface area contributed by atoms with Crippen LogP contribution in [0.1, 0.15) is 48.2 Å². The van der Waals surface area contributed by atoms with Gasteiger partial charge in [-0.1, -0.05) is 20.8 Å². The van der Waals surface area contributed by atoms with Crippen molar-refractivity contribution in [1.29, 1.82) is 0 Å². The first-order chi connectivity index (χ1) is 11.9. The molecular weight excluding hydrogens is 334 g/mol. The summed E-state index contributed by atoms with van der Waals surface area (Å²) < 4.78 is 0. The van der Waals surface area contributed by atoms with Crippen molar-refractivity contribution in [3.63, 3.8) is 0 Å². The van der Waals surface area contributed by atoms with Crippen molar-refractivity contribution in [2.24, 2.45) is 11.8 Å². The van der Waals surface area contributed by atoms with Gasteiger partial charge in [0.05, 0.1) is 11.4 Å². The van der Waals surface area contributed by atoms with E-state index in [9.17, 15) is 9.59 Å². The maximum absolute atomic E-state index is 12.1. The van der Waals surface area contributed by atoms with Crippen molar-refractivity contribution in [3.8, 4) is 0 Å². The molecule has 2 N–H and O–H groups in total. The molecule has 0 saturated carbocycles. The molecule has 140 valence electrons. The van der Waals surface area contributed by atoms with Gasteiger partial charge in [0.15, 0.2) is 0 Å². The second-order valence-corrected chi connectivity index (χ2v) is 8.71. The number of amides is 2. The van der Waals surface area contributed by atoms with Crippen LogP contribution in [-0.4, -0.2) is 48.9 Å². The summed E-state index contributed by atoms with van der Waals surface area (Å²) in [5.74, 6) is 0.975. The minimum Gasteiger partial charge on any atom is -0.353 e. The average Bonchev–Trinajstić information content (AvgIpc) is 3.00. The fourth-order valence-electron chi connectivity index (χ4n) is 3.23. The number of nitrogens with zero attached hydrogens (tertiary/aromatic N) is 1. The molecule has 25 heavy (non-hydrogen) atoms. The van der Waals surface area contributed by atoms with Crippen LogP contribution < -0.4 is 10.6 Å². The number of carbonyl (C=O) groups excluding carboxylic acids is 2. The lowest BCUT2D eigenvalue weighted by atomic mass is 9.94. The standard InChI is InChI=1S/C19H31N3O2S/c1-13(2)16(22-9-7-14(3)8-10-22)11-20-18(23)12-21-19(24)17-6-5-15(4)25-17/h5-6,13-14,16H,7-12H2,1-4H3,(H,20,23)(H,21,24). The van der Waals surface area contributed by atoms with Crippen molar-refractivity contribution in [1.82, 2.24) is 15.5 Å². The van der Waals surface area contributed by atoms with E-state index in [0.29, 0.717) is 23.4 Å². The Morgan fingerprint density at radius 3 is 2.48 bits per heavy atom. The SMILES string of the molecule is Cc1ccc(C(=O)NCC(=O)NCC(C(C)C)N2CCC(C)CC2)s1. The normalized spacial score (nSPS) is 17.5. The molecule has 1 aromatic heterocycles. The van der Waals surface area contributed by atoms with Crippen molar-refractivity contribution >= 4 is 23.2 Å². The van der Waals surface area contributed by atoms with E-state index in [-0.39, 0.29) is 18.4 Å². The van der Waals surface area contributed by atoms with Crippen LogP contribution in [0, 0.1) is 18.8 Å². The molecule has 0 aliphatic carbocycles. The number of hydrogen-bond acceptors (Lipinski definition) is 4. The molecule has 1 aromatic rings. The van der Waals surface area contributed by atoms with Gasteiger partial charge in [0.1, 0.15) is 0 Å². The van der Waals surface area contributed by atoms with E-state index in [0.717, 1.165) is 23.9 Å². The second-order valence-electron chi connectivity index (χ2n) is 7.43. The molecule has 1 atom stereocenters. The first-order valence-electron chi connectivity index (χ1n) is 9.22. The summed E-state index contributed by atoms with van der Waals surface area (Å²) in [6.45, 7) is 11.5. The van der Waals surface area contributed by atoms with E-state index in [4.69, 9.17) is 0 Å². The van der Waals surface area contributed by atoms with E-state index in [1.807, 2.05) is 13.0 Å². The maximum Gasteiger partial charge on any atom is 0.261 e. The molecule has 2 rings (SSSR count). The van der Waals surface area contributed by atoms with Crippen LogP contribution in [0.2, 0.25) is 0 Å². The van der Waals surface area contributed by atoms with Crippen LogP contribution >= 0.6 is 11.3 Å². The summed E-state index contributed by atoms with van der Waals surface area (Å²) in [6, 6.07) is 4.05. The van der Waals surface area contributed by atoms with Crippen LogP contribution in [0.3, 0.4) is 0 Å². The van der Waals surface area contributed by atoms with Crippen LogP contribution in [0.15, 0.2) is 12.1 Å². The lowest BCUT2D eigenvalue weighted by Crippen LogP contribution is -2.50. The van der Waals surface area contributed by atoms with Gasteiger partial charge in [-0.15, -0.1) is 11.3 Å². The zero-order valence-electron chi connectivity index (χ0n) is 15.8. The van der Waals surface area contributed by atoms with Gasteiger partial charge in [0.25, 0.3) is 5.91 Å². The lowest BCUT2D eigenvalue weighted by Gasteiger charge is -2.38. The molecule has 5 nitrogen and oxygen atoms in total. The minimum atomic E-state index is -0.182. The van der Waals surface area contributed by atoms with Gasteiger partial charge in [-0.2, -0.15) is 0 Å². The Morgan fingerprint density at radius 1 is 1.24 bits per heavy atom. The molecule has 0 bridgehead atoms. The highest BCUT2D eigenvalue weighted by Crippen LogP contribution is 2.21. The topological polar surface area (TPSA) is 61.4 Å². The molecular formula is C19H31N3O2S. The zero-order valence-corrected chi connectivity index (χ0v) is 16.6. The number of thiophene rings is 1. The molecule has 6 heteroatoms.